The predicted molar refractivity (Wildman–Crippen MR) is 100 cm³/mol. The number of piperidine rings is 2. The maximum Gasteiger partial charge on any atom is 0.225 e. The molecule has 0 N–H and O–H groups in total. The van der Waals surface area contributed by atoms with Gasteiger partial charge in [0.1, 0.15) is 0 Å². The molecule has 0 spiro atoms. The van der Waals surface area contributed by atoms with E-state index in [1.54, 1.807) is 0 Å². The van der Waals surface area contributed by atoms with Gasteiger partial charge in [0.05, 0.1) is 31.3 Å². The molecule has 26 heavy (non-hydrogen) atoms. The first-order valence-electron chi connectivity index (χ1n) is 10.00. The summed E-state index contributed by atoms with van der Waals surface area (Å²) in [6.07, 6.45) is 9.30. The Morgan fingerprint density at radius 1 is 0.885 bits per heavy atom. The summed E-state index contributed by atoms with van der Waals surface area (Å²) < 4.78 is 5.38. The molecule has 7 heteroatoms. The number of anilines is 2. The molecule has 4 heterocycles. The van der Waals surface area contributed by atoms with Gasteiger partial charge in [-0.25, -0.2) is 9.97 Å². The number of aromatic nitrogens is 2. The summed E-state index contributed by atoms with van der Waals surface area (Å²) >= 11 is 0. The van der Waals surface area contributed by atoms with E-state index in [0.717, 1.165) is 89.8 Å². The number of carbonyl (C=O) groups excluding carboxylic acids is 1. The predicted octanol–water partition coefficient (Wildman–Crippen LogP) is 1.54. The van der Waals surface area contributed by atoms with Crippen LogP contribution >= 0.6 is 0 Å². The molecule has 0 aliphatic carbocycles. The number of carbonyl (C=O) groups is 1. The minimum absolute atomic E-state index is 0.192. The van der Waals surface area contributed by atoms with Gasteiger partial charge in [-0.15, -0.1) is 0 Å². The van der Waals surface area contributed by atoms with E-state index in [0.29, 0.717) is 5.91 Å². The van der Waals surface area contributed by atoms with Gasteiger partial charge in [-0.1, -0.05) is 0 Å². The average Bonchev–Trinajstić information content (AvgIpc) is 2.75. The SMILES string of the molecule is O=C(C1CCN(c2cnc(N3CCOCC3)nc2)CC1)N1CCCCC1. The number of likely N-dealkylation sites (tertiary alicyclic amines) is 1. The van der Waals surface area contributed by atoms with Gasteiger partial charge in [0, 0.05) is 45.2 Å². The average molecular weight is 359 g/mol. The highest BCUT2D eigenvalue weighted by molar-refractivity contribution is 5.79. The van der Waals surface area contributed by atoms with E-state index in [-0.39, 0.29) is 5.92 Å². The van der Waals surface area contributed by atoms with Crippen LogP contribution in [-0.2, 0) is 9.53 Å². The summed E-state index contributed by atoms with van der Waals surface area (Å²) in [4.78, 5) is 28.3. The fourth-order valence-corrected chi connectivity index (χ4v) is 4.16. The molecule has 0 radical (unpaired) electrons. The molecule has 3 saturated heterocycles. The molecule has 7 nitrogen and oxygen atoms in total. The molecule has 142 valence electrons. The highest BCUT2D eigenvalue weighted by Crippen LogP contribution is 2.25. The standard InChI is InChI=1S/C19H29N5O2/c25-18(23-6-2-1-3-7-23)16-4-8-22(9-5-16)17-14-20-19(21-15-17)24-10-12-26-13-11-24/h14-16H,1-13H2. The van der Waals surface area contributed by atoms with Crippen molar-refractivity contribution < 1.29 is 9.53 Å². The first-order valence-corrected chi connectivity index (χ1v) is 10.00. The monoisotopic (exact) mass is 359 g/mol. The van der Waals surface area contributed by atoms with E-state index in [1.807, 2.05) is 12.4 Å². The lowest BCUT2D eigenvalue weighted by Crippen LogP contribution is -2.44. The van der Waals surface area contributed by atoms with Crippen LogP contribution in [0.4, 0.5) is 11.6 Å². The number of rotatable bonds is 3. The molecule has 1 aromatic rings. The molecule has 3 aliphatic rings. The van der Waals surface area contributed by atoms with Gasteiger partial charge in [0.15, 0.2) is 0 Å². The first-order chi connectivity index (χ1) is 12.8. The zero-order chi connectivity index (χ0) is 17.8. The van der Waals surface area contributed by atoms with Crippen LogP contribution in [-0.4, -0.2) is 73.3 Å². The van der Waals surface area contributed by atoms with Gasteiger partial charge >= 0.3 is 0 Å². The molecule has 4 rings (SSSR count). The van der Waals surface area contributed by atoms with Crippen LogP contribution in [0.1, 0.15) is 32.1 Å². The van der Waals surface area contributed by atoms with Crippen molar-refractivity contribution in [2.24, 2.45) is 5.92 Å². The van der Waals surface area contributed by atoms with Gasteiger partial charge in [-0.2, -0.15) is 0 Å². The first kappa shape index (κ1) is 17.5. The van der Waals surface area contributed by atoms with Crippen LogP contribution in [0.25, 0.3) is 0 Å². The lowest BCUT2D eigenvalue weighted by atomic mass is 9.94. The van der Waals surface area contributed by atoms with Gasteiger partial charge in [-0.3, -0.25) is 4.79 Å². The molecule has 3 fully saturated rings. The molecular weight excluding hydrogens is 330 g/mol. The van der Waals surface area contributed by atoms with E-state index in [4.69, 9.17) is 4.74 Å². The summed E-state index contributed by atoms with van der Waals surface area (Å²) in [6, 6.07) is 0. The second-order valence-electron chi connectivity index (χ2n) is 7.49. The molecule has 0 saturated carbocycles. The number of hydrogen-bond acceptors (Lipinski definition) is 6. The zero-order valence-electron chi connectivity index (χ0n) is 15.5. The second kappa shape index (κ2) is 8.20. The molecule has 3 aliphatic heterocycles. The van der Waals surface area contributed by atoms with Crippen molar-refractivity contribution in [3.63, 3.8) is 0 Å². The van der Waals surface area contributed by atoms with Crippen molar-refractivity contribution in [2.45, 2.75) is 32.1 Å². The van der Waals surface area contributed by atoms with Gasteiger partial charge in [0.2, 0.25) is 11.9 Å². The number of morpholine rings is 1. The quantitative estimate of drug-likeness (QED) is 0.816. The molecule has 1 amide bonds. The number of nitrogens with zero attached hydrogens (tertiary/aromatic N) is 5. The number of hydrogen-bond donors (Lipinski definition) is 0. The normalized spacial score (nSPS) is 22.5. The fraction of sp³-hybridized carbons (Fsp3) is 0.737. The minimum atomic E-state index is 0.192. The largest absolute Gasteiger partial charge is 0.378 e. The van der Waals surface area contributed by atoms with Crippen LogP contribution in [0.2, 0.25) is 0 Å². The lowest BCUT2D eigenvalue weighted by molar-refractivity contribution is -0.137. The lowest BCUT2D eigenvalue weighted by Gasteiger charge is -2.36. The van der Waals surface area contributed by atoms with Gasteiger partial charge < -0.3 is 19.4 Å². The van der Waals surface area contributed by atoms with E-state index >= 15 is 0 Å². The van der Waals surface area contributed by atoms with Crippen molar-refractivity contribution in [2.75, 3.05) is 62.3 Å². The fourth-order valence-electron chi connectivity index (χ4n) is 4.16. The number of amides is 1. The van der Waals surface area contributed by atoms with Crippen LogP contribution in [0, 0.1) is 5.92 Å². The van der Waals surface area contributed by atoms with Crippen LogP contribution < -0.4 is 9.80 Å². The van der Waals surface area contributed by atoms with Crippen LogP contribution in [0.3, 0.4) is 0 Å². The maximum absolute atomic E-state index is 12.7. The highest BCUT2D eigenvalue weighted by Gasteiger charge is 2.29. The third kappa shape index (κ3) is 3.92. The Kier molecular flexibility index (Phi) is 5.53. The van der Waals surface area contributed by atoms with Crippen molar-refractivity contribution in [3.05, 3.63) is 12.4 Å². The molecule has 0 bridgehead atoms. The Labute approximate surface area is 155 Å². The van der Waals surface area contributed by atoms with E-state index in [9.17, 15) is 4.79 Å². The molecule has 0 aromatic carbocycles. The van der Waals surface area contributed by atoms with Crippen molar-refractivity contribution in [3.8, 4) is 0 Å². The summed E-state index contributed by atoms with van der Waals surface area (Å²) in [7, 11) is 0. The number of ether oxygens (including phenoxy) is 1. The molecule has 1 aromatic heterocycles. The summed E-state index contributed by atoms with van der Waals surface area (Å²) in [5.41, 5.74) is 1.06. The second-order valence-corrected chi connectivity index (χ2v) is 7.49. The molecular formula is C19H29N5O2. The Morgan fingerprint density at radius 2 is 1.54 bits per heavy atom. The smallest absolute Gasteiger partial charge is 0.225 e. The minimum Gasteiger partial charge on any atom is -0.378 e. The van der Waals surface area contributed by atoms with E-state index in [1.165, 1.54) is 6.42 Å². The summed E-state index contributed by atoms with van der Waals surface area (Å²) in [5.74, 6) is 1.35. The topological polar surface area (TPSA) is 61.8 Å². The highest BCUT2D eigenvalue weighted by atomic mass is 16.5. The Hall–Kier alpha value is -1.89. The third-order valence-corrected chi connectivity index (χ3v) is 5.80. The van der Waals surface area contributed by atoms with Gasteiger partial charge in [0.25, 0.3) is 0 Å². The van der Waals surface area contributed by atoms with Crippen molar-refractivity contribution >= 4 is 17.5 Å². The molecule has 0 atom stereocenters. The molecule has 0 unspecified atom stereocenters. The van der Waals surface area contributed by atoms with E-state index in [2.05, 4.69) is 24.7 Å². The maximum atomic E-state index is 12.7. The summed E-state index contributed by atoms with van der Waals surface area (Å²) in [6.45, 7) is 6.90. The van der Waals surface area contributed by atoms with E-state index < -0.39 is 0 Å². The van der Waals surface area contributed by atoms with Crippen molar-refractivity contribution in [1.29, 1.82) is 0 Å². The van der Waals surface area contributed by atoms with Crippen LogP contribution in [0.15, 0.2) is 12.4 Å². The Balaban J connectivity index is 1.30. The van der Waals surface area contributed by atoms with Gasteiger partial charge in [-0.05, 0) is 32.1 Å². The van der Waals surface area contributed by atoms with Crippen LogP contribution in [0.5, 0.6) is 0 Å². The Bertz CT molecular complexity index is 588. The zero-order valence-corrected chi connectivity index (χ0v) is 15.5. The van der Waals surface area contributed by atoms with Crippen molar-refractivity contribution in [1.82, 2.24) is 14.9 Å². The summed E-state index contributed by atoms with van der Waals surface area (Å²) in [5, 5.41) is 0. The Morgan fingerprint density at radius 3 is 2.19 bits per heavy atom. The third-order valence-electron chi connectivity index (χ3n) is 5.80.